The van der Waals surface area contributed by atoms with Gasteiger partial charge in [0, 0.05) is 82.7 Å². The zero-order valence-corrected chi connectivity index (χ0v) is 28.9. The first-order valence-corrected chi connectivity index (χ1v) is 17.6. The molecule has 0 unspecified atom stereocenters. The summed E-state index contributed by atoms with van der Waals surface area (Å²) in [7, 11) is 0. The summed E-state index contributed by atoms with van der Waals surface area (Å²) in [6.07, 6.45) is -3.73. The van der Waals surface area contributed by atoms with E-state index in [4.69, 9.17) is 26.8 Å². The van der Waals surface area contributed by atoms with Gasteiger partial charge in [0.2, 0.25) is 0 Å². The molecule has 2 aromatic carbocycles. The van der Waals surface area contributed by atoms with E-state index in [0.717, 1.165) is 30.2 Å². The van der Waals surface area contributed by atoms with E-state index in [1.165, 1.54) is 11.0 Å². The first kappa shape index (κ1) is 36.1. The van der Waals surface area contributed by atoms with Crippen molar-refractivity contribution in [2.24, 2.45) is 0 Å². The largest absolute Gasteiger partial charge is 0.436 e. The number of piperidine rings is 1. The molecule has 6 rings (SSSR count). The molecule has 3 fully saturated rings. The van der Waals surface area contributed by atoms with Gasteiger partial charge in [-0.25, -0.2) is 9.59 Å². The maximum Gasteiger partial charge on any atom is 0.418 e. The maximum atomic E-state index is 14.0. The number of alkyl halides is 3. The molecule has 0 aliphatic carbocycles. The third-order valence-electron chi connectivity index (χ3n) is 10.7. The van der Waals surface area contributed by atoms with Gasteiger partial charge in [-0.3, -0.25) is 9.69 Å². The Balaban J connectivity index is 1.13. The number of fused-ring (bicyclic) bond motifs is 1. The number of likely N-dealkylation sites (tertiary alicyclic amines) is 1. The number of urea groups is 1. The van der Waals surface area contributed by atoms with Crippen LogP contribution in [0.4, 0.5) is 34.1 Å². The van der Waals surface area contributed by atoms with Gasteiger partial charge in [0.15, 0.2) is 6.10 Å². The number of amides is 4. The van der Waals surface area contributed by atoms with Crippen LogP contribution in [0.5, 0.6) is 0 Å². The number of carbonyl (C=O) groups is 3. The van der Waals surface area contributed by atoms with Crippen LogP contribution >= 0.6 is 11.6 Å². The number of hydrogen-bond acceptors (Lipinski definition) is 7. The molecule has 0 saturated carbocycles. The van der Waals surface area contributed by atoms with E-state index in [-0.39, 0.29) is 47.7 Å². The molecule has 11 nitrogen and oxygen atoms in total. The number of ether oxygens (including phenoxy) is 2. The number of hydrogen-bond donors (Lipinski definition) is 2. The molecule has 272 valence electrons. The third kappa shape index (κ3) is 7.92. The van der Waals surface area contributed by atoms with Crippen LogP contribution in [0, 0.1) is 0 Å². The van der Waals surface area contributed by atoms with Crippen molar-refractivity contribution in [2.45, 2.75) is 69.3 Å². The highest BCUT2D eigenvalue weighted by atomic mass is 35.5. The van der Waals surface area contributed by atoms with Gasteiger partial charge < -0.3 is 35.2 Å². The highest BCUT2D eigenvalue weighted by Gasteiger charge is 2.40. The number of halogens is 4. The second kappa shape index (κ2) is 14.8. The number of carbonyl (C=O) groups excluding carboxylic acids is 3. The maximum absolute atomic E-state index is 14.0. The monoisotopic (exact) mass is 720 g/mol. The van der Waals surface area contributed by atoms with Crippen LogP contribution in [0.25, 0.3) is 0 Å². The van der Waals surface area contributed by atoms with Crippen LogP contribution in [-0.4, -0.2) is 114 Å². The summed E-state index contributed by atoms with van der Waals surface area (Å²) >= 11 is 6.11. The first-order valence-electron chi connectivity index (χ1n) is 17.2. The van der Waals surface area contributed by atoms with Gasteiger partial charge in [-0.2, -0.15) is 13.2 Å². The van der Waals surface area contributed by atoms with Crippen LogP contribution in [0.2, 0.25) is 5.02 Å². The number of nitrogens with one attached hydrogen (secondary N) is 1. The van der Waals surface area contributed by atoms with Gasteiger partial charge in [-0.1, -0.05) is 29.8 Å². The smallest absolute Gasteiger partial charge is 0.418 e. The molecule has 4 aliphatic rings. The number of nitrogen functional groups attached to an aromatic ring is 1. The fraction of sp³-hybridized carbons (Fsp3) is 0.571. The molecule has 4 amide bonds. The number of para-hydroxylation sites is 1. The summed E-state index contributed by atoms with van der Waals surface area (Å²) in [5, 5.41) is 2.69. The minimum absolute atomic E-state index is 0.0436. The molecule has 50 heavy (non-hydrogen) atoms. The van der Waals surface area contributed by atoms with Gasteiger partial charge in [-0.15, -0.1) is 0 Å². The van der Waals surface area contributed by atoms with E-state index in [1.54, 1.807) is 9.80 Å². The molecule has 0 aromatic heterocycles. The predicted octanol–water partition coefficient (Wildman–Crippen LogP) is 5.26. The van der Waals surface area contributed by atoms with E-state index >= 15 is 0 Å². The number of nitrogens with zero attached hydrogens (tertiary/aromatic N) is 4. The fourth-order valence-corrected chi connectivity index (χ4v) is 7.75. The molecule has 4 aliphatic heterocycles. The zero-order chi connectivity index (χ0) is 35.6. The molecule has 3 saturated heterocycles. The molecule has 3 N–H and O–H groups in total. The Morgan fingerprint density at radius 3 is 2.40 bits per heavy atom. The highest BCUT2D eigenvalue weighted by Crippen LogP contribution is 2.38. The number of rotatable bonds is 6. The van der Waals surface area contributed by atoms with Crippen molar-refractivity contribution >= 4 is 41.0 Å². The molecule has 15 heteroatoms. The summed E-state index contributed by atoms with van der Waals surface area (Å²) in [5.74, 6) is -0.479. The Hall–Kier alpha value is -3.75. The number of piperazine rings is 1. The predicted molar refractivity (Wildman–Crippen MR) is 182 cm³/mol. The average molecular weight is 721 g/mol. The Morgan fingerprint density at radius 1 is 1.04 bits per heavy atom. The Kier molecular flexibility index (Phi) is 10.7. The molecule has 1 atom stereocenters. The van der Waals surface area contributed by atoms with E-state index in [9.17, 15) is 27.6 Å². The van der Waals surface area contributed by atoms with Crippen LogP contribution in [0.3, 0.4) is 0 Å². The summed E-state index contributed by atoms with van der Waals surface area (Å²) in [6, 6.07) is 9.53. The van der Waals surface area contributed by atoms with Gasteiger partial charge in [0.1, 0.15) is 0 Å². The molecular weight excluding hydrogens is 677 g/mol. The van der Waals surface area contributed by atoms with Crippen LogP contribution < -0.4 is 11.1 Å². The van der Waals surface area contributed by atoms with Crippen LogP contribution in [-0.2, 0) is 33.3 Å². The van der Waals surface area contributed by atoms with Crippen molar-refractivity contribution in [3.8, 4) is 0 Å². The topological polar surface area (TPSA) is 121 Å². The minimum atomic E-state index is -4.77. The molecule has 0 radical (unpaired) electrons. The Labute approximate surface area is 294 Å². The summed E-state index contributed by atoms with van der Waals surface area (Å²) in [4.78, 5) is 47.9. The summed E-state index contributed by atoms with van der Waals surface area (Å²) in [5.41, 5.74) is 5.81. The molecule has 4 heterocycles. The van der Waals surface area contributed by atoms with Crippen LogP contribution in [0.1, 0.15) is 49.3 Å². The average Bonchev–Trinajstić information content (AvgIpc) is 3.27. The SMILES string of the molecule is CC1(N2CCN(C(=O)[C@@H](Cc3cc(Cl)c(N)c(C(F)(F)F)c3)OC(=O)N3CCC(N4CCc5ccccc5NC4=O)CC3)CC2)CCOCC1. The van der Waals surface area contributed by atoms with Crippen molar-refractivity contribution in [2.75, 3.05) is 70.1 Å². The zero-order valence-electron chi connectivity index (χ0n) is 28.1. The molecule has 2 aromatic rings. The number of nitrogens with two attached hydrogens (primary N) is 1. The van der Waals surface area contributed by atoms with Crippen molar-refractivity contribution in [1.29, 1.82) is 0 Å². The second-order valence-electron chi connectivity index (χ2n) is 13.8. The van der Waals surface area contributed by atoms with Gasteiger partial charge in [0.25, 0.3) is 5.91 Å². The second-order valence-corrected chi connectivity index (χ2v) is 14.2. The minimum Gasteiger partial charge on any atom is -0.436 e. The lowest BCUT2D eigenvalue weighted by molar-refractivity contribution is -0.144. The fourth-order valence-electron chi connectivity index (χ4n) is 7.51. The van der Waals surface area contributed by atoms with Crippen molar-refractivity contribution in [3.63, 3.8) is 0 Å². The van der Waals surface area contributed by atoms with E-state index < -0.39 is 35.5 Å². The van der Waals surface area contributed by atoms with Crippen molar-refractivity contribution in [1.82, 2.24) is 19.6 Å². The Bertz CT molecular complexity index is 1570. The molecule has 0 bridgehead atoms. The summed E-state index contributed by atoms with van der Waals surface area (Å²) < 4.78 is 52.8. The summed E-state index contributed by atoms with van der Waals surface area (Å²) in [6.45, 7) is 6.64. The van der Waals surface area contributed by atoms with Crippen LogP contribution in [0.15, 0.2) is 36.4 Å². The van der Waals surface area contributed by atoms with Crippen molar-refractivity contribution < 1.29 is 37.0 Å². The number of anilines is 2. The quantitative estimate of drug-likeness (QED) is 0.391. The van der Waals surface area contributed by atoms with Gasteiger partial charge >= 0.3 is 18.3 Å². The normalized spacial score (nSPS) is 21.2. The van der Waals surface area contributed by atoms with Gasteiger partial charge in [-0.05, 0) is 68.4 Å². The Morgan fingerprint density at radius 2 is 1.72 bits per heavy atom. The first-order chi connectivity index (χ1) is 23.8. The molecular formula is C35H44ClF3N6O5. The van der Waals surface area contributed by atoms with Gasteiger partial charge in [0.05, 0.1) is 16.3 Å². The lowest BCUT2D eigenvalue weighted by atomic mass is 9.89. The van der Waals surface area contributed by atoms with Crippen molar-refractivity contribution in [3.05, 3.63) is 58.1 Å². The standard InChI is InChI=1S/C35H44ClF3N6O5/c1-34(9-18-49-19-10-34)44-16-14-42(15-17-44)31(46)29(22-23-20-26(35(37,38)39)30(40)27(36)21-23)50-33(48)43-11-7-25(8-12-43)45-13-6-24-4-2-3-5-28(24)41-32(45)47/h2-5,20-21,25,29H,6-19,22,40H2,1H3,(H,41,47)/t29-/m1/s1. The lowest BCUT2D eigenvalue weighted by Gasteiger charge is -2.48. The number of benzene rings is 2. The lowest BCUT2D eigenvalue weighted by Crippen LogP contribution is -2.59. The van der Waals surface area contributed by atoms with E-state index in [2.05, 4.69) is 17.1 Å². The highest BCUT2D eigenvalue weighted by molar-refractivity contribution is 6.33. The van der Waals surface area contributed by atoms with E-state index in [1.807, 2.05) is 24.3 Å². The van der Waals surface area contributed by atoms with E-state index in [0.29, 0.717) is 65.2 Å². The third-order valence-corrected chi connectivity index (χ3v) is 11.0. The molecule has 0 spiro atoms.